The molecule has 1 aliphatic heterocycles. The van der Waals surface area contributed by atoms with Gasteiger partial charge in [-0.25, -0.2) is 13.4 Å². The fraction of sp³-hybridized carbons (Fsp3) is 0.450. The summed E-state index contributed by atoms with van der Waals surface area (Å²) in [5, 5.41) is 4.85. The summed E-state index contributed by atoms with van der Waals surface area (Å²) >= 11 is 6.05. The number of imidazole rings is 1. The zero-order valence-corrected chi connectivity index (χ0v) is 18.3. The molecule has 3 aromatic rings. The van der Waals surface area contributed by atoms with Crippen molar-refractivity contribution in [3.8, 4) is 11.4 Å². The molecule has 1 aliphatic carbocycles. The molecule has 1 spiro atoms. The molecule has 10 heteroatoms. The third-order valence-corrected chi connectivity index (χ3v) is 8.43. The van der Waals surface area contributed by atoms with Gasteiger partial charge in [-0.15, -0.1) is 0 Å². The van der Waals surface area contributed by atoms with Crippen LogP contribution in [0.25, 0.3) is 11.4 Å². The van der Waals surface area contributed by atoms with Gasteiger partial charge in [0.2, 0.25) is 11.7 Å². The van der Waals surface area contributed by atoms with E-state index in [1.54, 1.807) is 35.1 Å². The zero-order chi connectivity index (χ0) is 21.1. The normalized spacial score (nSPS) is 21.2. The second kappa shape index (κ2) is 6.90. The summed E-state index contributed by atoms with van der Waals surface area (Å²) in [7, 11) is -1.77. The van der Waals surface area contributed by atoms with Crippen LogP contribution in [0.2, 0.25) is 5.02 Å². The van der Waals surface area contributed by atoms with Crippen molar-refractivity contribution in [1.82, 2.24) is 24.0 Å². The van der Waals surface area contributed by atoms with Crippen molar-refractivity contribution in [2.45, 2.75) is 37.1 Å². The second-order valence-corrected chi connectivity index (χ2v) is 10.5. The van der Waals surface area contributed by atoms with E-state index in [0.717, 1.165) is 24.8 Å². The Kier molecular flexibility index (Phi) is 4.53. The highest BCUT2D eigenvalue weighted by Gasteiger charge is 2.59. The lowest BCUT2D eigenvalue weighted by Crippen LogP contribution is -2.39. The molecule has 2 aliphatic rings. The lowest BCUT2D eigenvalue weighted by Gasteiger charge is -2.31. The van der Waals surface area contributed by atoms with E-state index in [4.69, 9.17) is 16.1 Å². The Balaban J connectivity index is 1.28. The van der Waals surface area contributed by atoms with Gasteiger partial charge in [-0.1, -0.05) is 28.9 Å². The molecule has 0 radical (unpaired) electrons. The van der Waals surface area contributed by atoms with Crippen LogP contribution in [0.3, 0.4) is 0 Å². The molecule has 1 atom stereocenters. The van der Waals surface area contributed by atoms with Gasteiger partial charge in [0, 0.05) is 42.8 Å². The molecule has 1 saturated carbocycles. The van der Waals surface area contributed by atoms with Gasteiger partial charge >= 0.3 is 0 Å². The minimum atomic E-state index is -3.57. The molecule has 0 amide bonds. The molecule has 30 heavy (non-hydrogen) atoms. The lowest BCUT2D eigenvalue weighted by molar-refractivity contribution is 0.242. The molecule has 2 fully saturated rings. The number of aromatic nitrogens is 4. The van der Waals surface area contributed by atoms with E-state index in [2.05, 4.69) is 15.1 Å². The van der Waals surface area contributed by atoms with E-state index in [1.807, 2.05) is 18.2 Å². The quantitative estimate of drug-likeness (QED) is 0.608. The van der Waals surface area contributed by atoms with Crippen molar-refractivity contribution in [2.24, 2.45) is 12.5 Å². The maximum absolute atomic E-state index is 12.9. The van der Waals surface area contributed by atoms with Crippen LogP contribution in [0.5, 0.6) is 0 Å². The molecule has 5 rings (SSSR count). The first-order valence-corrected chi connectivity index (χ1v) is 11.7. The summed E-state index contributed by atoms with van der Waals surface area (Å²) in [6.45, 7) is 2.74. The lowest BCUT2D eigenvalue weighted by atomic mass is 9.92. The molecule has 2 aromatic heterocycles. The highest BCUT2D eigenvalue weighted by atomic mass is 35.5. The summed E-state index contributed by atoms with van der Waals surface area (Å²) in [6.07, 6.45) is 4.07. The summed E-state index contributed by atoms with van der Waals surface area (Å²) < 4.78 is 34.7. The number of benzene rings is 1. The van der Waals surface area contributed by atoms with Gasteiger partial charge in [0.15, 0.2) is 5.03 Å². The van der Waals surface area contributed by atoms with Gasteiger partial charge < -0.3 is 9.09 Å². The SMILES string of the molecule is Cc1nc(S(=O)(=O)N2CCC3(CC2)CC3c2nc(-c3cccc(Cl)c3)no2)cn1C. The molecule has 158 valence electrons. The fourth-order valence-corrected chi connectivity index (χ4v) is 5.98. The Morgan fingerprint density at radius 3 is 2.67 bits per heavy atom. The highest BCUT2D eigenvalue weighted by Crippen LogP contribution is 2.64. The van der Waals surface area contributed by atoms with Crippen molar-refractivity contribution in [1.29, 1.82) is 0 Å². The van der Waals surface area contributed by atoms with Crippen molar-refractivity contribution >= 4 is 21.6 Å². The summed E-state index contributed by atoms with van der Waals surface area (Å²) in [5.41, 5.74) is 0.864. The predicted octanol–water partition coefficient (Wildman–Crippen LogP) is 3.39. The Bertz CT molecular complexity index is 1190. The zero-order valence-electron chi connectivity index (χ0n) is 16.7. The van der Waals surface area contributed by atoms with Crippen LogP contribution in [-0.4, -0.2) is 45.5 Å². The van der Waals surface area contributed by atoms with Gasteiger partial charge in [0.1, 0.15) is 5.82 Å². The third-order valence-electron chi connectivity index (χ3n) is 6.42. The van der Waals surface area contributed by atoms with Crippen LogP contribution in [0, 0.1) is 12.3 Å². The maximum Gasteiger partial charge on any atom is 0.262 e. The first kappa shape index (κ1) is 19.7. The smallest absolute Gasteiger partial charge is 0.262 e. The second-order valence-electron chi connectivity index (χ2n) is 8.23. The van der Waals surface area contributed by atoms with Crippen molar-refractivity contribution < 1.29 is 12.9 Å². The van der Waals surface area contributed by atoms with E-state index in [1.165, 1.54) is 0 Å². The Morgan fingerprint density at radius 2 is 2.00 bits per heavy atom. The van der Waals surface area contributed by atoms with Gasteiger partial charge in [0.25, 0.3) is 10.0 Å². The molecule has 1 unspecified atom stereocenters. The van der Waals surface area contributed by atoms with Crippen LogP contribution in [0.1, 0.15) is 36.9 Å². The molecular formula is C20H22ClN5O3S. The molecule has 1 aromatic carbocycles. The van der Waals surface area contributed by atoms with E-state index in [-0.39, 0.29) is 16.4 Å². The number of sulfonamides is 1. The number of hydrogen-bond acceptors (Lipinski definition) is 6. The van der Waals surface area contributed by atoms with E-state index in [0.29, 0.717) is 35.7 Å². The molecule has 3 heterocycles. The highest BCUT2D eigenvalue weighted by molar-refractivity contribution is 7.89. The first-order chi connectivity index (χ1) is 14.3. The third kappa shape index (κ3) is 3.25. The van der Waals surface area contributed by atoms with Gasteiger partial charge in [-0.2, -0.15) is 9.29 Å². The average molecular weight is 448 g/mol. The number of halogens is 1. The number of piperidine rings is 1. The van der Waals surface area contributed by atoms with Crippen molar-refractivity contribution in [3.63, 3.8) is 0 Å². The van der Waals surface area contributed by atoms with Crippen molar-refractivity contribution in [3.05, 3.63) is 47.2 Å². The molecule has 0 bridgehead atoms. The van der Waals surface area contributed by atoms with Crippen LogP contribution in [0.15, 0.2) is 40.0 Å². The number of rotatable bonds is 4. The van der Waals surface area contributed by atoms with E-state index < -0.39 is 10.0 Å². The Morgan fingerprint density at radius 1 is 1.23 bits per heavy atom. The van der Waals surface area contributed by atoms with Crippen LogP contribution < -0.4 is 0 Å². The van der Waals surface area contributed by atoms with Gasteiger partial charge in [-0.3, -0.25) is 0 Å². The van der Waals surface area contributed by atoms with Crippen LogP contribution in [-0.2, 0) is 17.1 Å². The molecule has 8 nitrogen and oxygen atoms in total. The number of hydrogen-bond donors (Lipinski definition) is 0. The largest absolute Gasteiger partial charge is 0.339 e. The fourth-order valence-electron chi connectivity index (χ4n) is 4.33. The average Bonchev–Trinajstić information content (AvgIpc) is 3.04. The number of nitrogens with zero attached hydrogens (tertiary/aromatic N) is 5. The maximum atomic E-state index is 12.9. The first-order valence-electron chi connectivity index (χ1n) is 9.88. The van der Waals surface area contributed by atoms with E-state index >= 15 is 0 Å². The van der Waals surface area contributed by atoms with Gasteiger partial charge in [-0.05, 0) is 43.7 Å². The van der Waals surface area contributed by atoms with Crippen LogP contribution in [0.4, 0.5) is 0 Å². The minimum absolute atomic E-state index is 0.0458. The van der Waals surface area contributed by atoms with E-state index in [9.17, 15) is 8.42 Å². The van der Waals surface area contributed by atoms with Gasteiger partial charge in [0.05, 0.1) is 0 Å². The molecule has 1 saturated heterocycles. The summed E-state index contributed by atoms with van der Waals surface area (Å²) in [5.74, 6) is 2.01. The Labute approximate surface area is 179 Å². The number of aryl methyl sites for hydroxylation is 2. The topological polar surface area (TPSA) is 94.1 Å². The molecular weight excluding hydrogens is 426 g/mol. The summed E-state index contributed by atoms with van der Waals surface area (Å²) in [4.78, 5) is 8.78. The minimum Gasteiger partial charge on any atom is -0.339 e. The Hall–Kier alpha value is -2.23. The molecule has 0 N–H and O–H groups in total. The van der Waals surface area contributed by atoms with Crippen molar-refractivity contribution in [2.75, 3.05) is 13.1 Å². The monoisotopic (exact) mass is 447 g/mol. The summed E-state index contributed by atoms with van der Waals surface area (Å²) in [6, 6.07) is 7.36. The predicted molar refractivity (Wildman–Crippen MR) is 110 cm³/mol. The standard InChI is InChI=1S/C20H22ClN5O3S/c1-13-22-17(12-25(13)2)30(27,28)26-8-6-20(7-9-26)11-16(20)19-23-18(24-29-19)14-4-3-5-15(21)10-14/h3-5,10,12,16H,6-9,11H2,1-2H3. The van der Waals surface area contributed by atoms with Crippen LogP contribution >= 0.6 is 11.6 Å².